The standard InChI is InChI=1S/C21H22O4/c1-14-12-15(7-10-18(14)22)6-9-17-4-3-5-20(25-17)16-8-11-19(23)21(13-16)24-2/h4,6-13,20,22-23H,3,5H2,1-2H3/b9-6+. The Labute approximate surface area is 147 Å². The molecule has 0 spiro atoms. The molecule has 4 heteroatoms. The molecule has 0 aliphatic carbocycles. The van der Waals surface area contributed by atoms with Crippen LogP contribution in [0.4, 0.5) is 0 Å². The van der Waals surface area contributed by atoms with Crippen molar-refractivity contribution in [3.05, 3.63) is 71.0 Å². The SMILES string of the molecule is COc1cc(C2CCC=C(/C=C/c3ccc(O)c(C)c3)O2)ccc1O. The Kier molecular flexibility index (Phi) is 4.98. The van der Waals surface area contributed by atoms with Gasteiger partial charge in [0.1, 0.15) is 17.6 Å². The zero-order chi connectivity index (χ0) is 17.8. The number of hydrogen-bond acceptors (Lipinski definition) is 4. The summed E-state index contributed by atoms with van der Waals surface area (Å²) in [7, 11) is 1.54. The van der Waals surface area contributed by atoms with Crippen molar-refractivity contribution in [1.29, 1.82) is 0 Å². The number of phenols is 2. The molecule has 1 unspecified atom stereocenters. The van der Waals surface area contributed by atoms with E-state index in [9.17, 15) is 10.2 Å². The Balaban J connectivity index is 1.73. The average Bonchev–Trinajstić information content (AvgIpc) is 2.63. The maximum atomic E-state index is 9.73. The first-order valence-electron chi connectivity index (χ1n) is 8.28. The lowest BCUT2D eigenvalue weighted by Crippen LogP contribution is -2.08. The molecular formula is C21H22O4. The van der Waals surface area contributed by atoms with Crippen molar-refractivity contribution in [1.82, 2.24) is 0 Å². The molecule has 2 aromatic rings. The average molecular weight is 338 g/mol. The summed E-state index contributed by atoms with van der Waals surface area (Å²) in [4.78, 5) is 0. The molecule has 4 nitrogen and oxygen atoms in total. The lowest BCUT2D eigenvalue weighted by atomic mass is 10.0. The predicted molar refractivity (Wildman–Crippen MR) is 97.7 cm³/mol. The zero-order valence-corrected chi connectivity index (χ0v) is 14.4. The van der Waals surface area contributed by atoms with E-state index in [-0.39, 0.29) is 11.9 Å². The number of hydrogen-bond donors (Lipinski definition) is 2. The van der Waals surface area contributed by atoms with Crippen LogP contribution < -0.4 is 4.74 Å². The van der Waals surface area contributed by atoms with E-state index < -0.39 is 0 Å². The van der Waals surface area contributed by atoms with Crippen LogP contribution in [0, 0.1) is 6.92 Å². The van der Waals surface area contributed by atoms with Gasteiger partial charge in [-0.25, -0.2) is 0 Å². The summed E-state index contributed by atoms with van der Waals surface area (Å²) in [5.74, 6) is 1.69. The van der Waals surface area contributed by atoms with E-state index in [2.05, 4.69) is 6.08 Å². The van der Waals surface area contributed by atoms with E-state index in [0.29, 0.717) is 11.5 Å². The fourth-order valence-electron chi connectivity index (χ4n) is 2.85. The van der Waals surface area contributed by atoms with Gasteiger partial charge in [0.15, 0.2) is 11.5 Å². The Morgan fingerprint density at radius 3 is 2.64 bits per heavy atom. The van der Waals surface area contributed by atoms with Crippen molar-refractivity contribution in [2.45, 2.75) is 25.9 Å². The number of rotatable bonds is 4. The monoisotopic (exact) mass is 338 g/mol. The highest BCUT2D eigenvalue weighted by Crippen LogP contribution is 2.35. The molecule has 2 aromatic carbocycles. The number of phenolic OH excluding ortho intramolecular Hbond substituents is 2. The van der Waals surface area contributed by atoms with Crippen LogP contribution >= 0.6 is 0 Å². The fourth-order valence-corrected chi connectivity index (χ4v) is 2.85. The predicted octanol–water partition coefficient (Wildman–Crippen LogP) is 4.86. The van der Waals surface area contributed by atoms with Crippen molar-refractivity contribution < 1.29 is 19.7 Å². The van der Waals surface area contributed by atoms with Gasteiger partial charge in [-0.15, -0.1) is 0 Å². The number of allylic oxidation sites excluding steroid dienone is 2. The Bertz CT molecular complexity index is 821. The minimum absolute atomic E-state index is 0.0688. The van der Waals surface area contributed by atoms with Crippen LogP contribution in [-0.4, -0.2) is 17.3 Å². The molecular weight excluding hydrogens is 316 g/mol. The van der Waals surface area contributed by atoms with Crippen molar-refractivity contribution >= 4 is 6.08 Å². The first-order chi connectivity index (χ1) is 12.1. The van der Waals surface area contributed by atoms with Crippen LogP contribution in [0.5, 0.6) is 17.2 Å². The van der Waals surface area contributed by atoms with Crippen LogP contribution in [0.15, 0.2) is 54.3 Å². The third-order valence-electron chi connectivity index (χ3n) is 4.29. The third-order valence-corrected chi connectivity index (χ3v) is 4.29. The van der Waals surface area contributed by atoms with Gasteiger partial charge in [-0.2, -0.15) is 0 Å². The van der Waals surface area contributed by atoms with Crippen molar-refractivity contribution in [2.75, 3.05) is 7.11 Å². The first kappa shape index (κ1) is 17.0. The van der Waals surface area contributed by atoms with Crippen LogP contribution in [0.1, 0.15) is 35.6 Å². The summed E-state index contributed by atoms with van der Waals surface area (Å²) < 4.78 is 11.3. The van der Waals surface area contributed by atoms with Gasteiger partial charge in [0, 0.05) is 0 Å². The van der Waals surface area contributed by atoms with Crippen molar-refractivity contribution in [3.63, 3.8) is 0 Å². The molecule has 25 heavy (non-hydrogen) atoms. The molecule has 1 atom stereocenters. The van der Waals surface area contributed by atoms with E-state index in [1.165, 1.54) is 7.11 Å². The van der Waals surface area contributed by atoms with Gasteiger partial charge < -0.3 is 19.7 Å². The van der Waals surface area contributed by atoms with E-state index in [1.807, 2.05) is 43.3 Å². The molecule has 1 aliphatic rings. The van der Waals surface area contributed by atoms with Gasteiger partial charge in [0.25, 0.3) is 0 Å². The highest BCUT2D eigenvalue weighted by atomic mass is 16.5. The maximum absolute atomic E-state index is 9.73. The molecule has 0 radical (unpaired) electrons. The summed E-state index contributed by atoms with van der Waals surface area (Å²) >= 11 is 0. The number of aryl methyl sites for hydroxylation is 1. The van der Waals surface area contributed by atoms with Gasteiger partial charge in [-0.1, -0.05) is 18.2 Å². The first-order valence-corrected chi connectivity index (χ1v) is 8.28. The van der Waals surface area contributed by atoms with E-state index in [4.69, 9.17) is 9.47 Å². The summed E-state index contributed by atoms with van der Waals surface area (Å²) in [6.07, 6.45) is 7.71. The smallest absolute Gasteiger partial charge is 0.160 e. The molecule has 1 heterocycles. The Morgan fingerprint density at radius 1 is 1.08 bits per heavy atom. The molecule has 1 aliphatic heterocycles. The quantitative estimate of drug-likeness (QED) is 0.835. The largest absolute Gasteiger partial charge is 0.508 e. The molecule has 130 valence electrons. The van der Waals surface area contributed by atoms with Crippen LogP contribution in [0.25, 0.3) is 6.08 Å². The minimum atomic E-state index is -0.0688. The number of aromatic hydroxyl groups is 2. The second kappa shape index (κ2) is 7.34. The van der Waals surface area contributed by atoms with E-state index in [1.54, 1.807) is 12.1 Å². The normalized spacial score (nSPS) is 17.2. The third kappa shape index (κ3) is 3.97. The highest BCUT2D eigenvalue weighted by molar-refractivity contribution is 5.55. The van der Waals surface area contributed by atoms with Crippen LogP contribution in [0.3, 0.4) is 0 Å². The van der Waals surface area contributed by atoms with Crippen molar-refractivity contribution in [3.8, 4) is 17.2 Å². The summed E-state index contributed by atoms with van der Waals surface area (Å²) in [6.45, 7) is 1.87. The summed E-state index contributed by atoms with van der Waals surface area (Å²) in [5, 5.41) is 19.3. The van der Waals surface area contributed by atoms with Crippen LogP contribution in [0.2, 0.25) is 0 Å². The van der Waals surface area contributed by atoms with Crippen LogP contribution in [-0.2, 0) is 4.74 Å². The molecule has 2 N–H and O–H groups in total. The topological polar surface area (TPSA) is 58.9 Å². The molecule has 0 bridgehead atoms. The molecule has 0 saturated carbocycles. The van der Waals surface area contributed by atoms with E-state index in [0.717, 1.165) is 35.3 Å². The number of benzene rings is 2. The van der Waals surface area contributed by atoms with Gasteiger partial charge >= 0.3 is 0 Å². The molecule has 0 fully saturated rings. The summed E-state index contributed by atoms with van der Waals surface area (Å²) in [6, 6.07) is 10.8. The fraction of sp³-hybridized carbons (Fsp3) is 0.238. The van der Waals surface area contributed by atoms with Gasteiger partial charge in [0.05, 0.1) is 7.11 Å². The maximum Gasteiger partial charge on any atom is 0.160 e. The number of methoxy groups -OCH3 is 1. The second-order valence-corrected chi connectivity index (χ2v) is 6.10. The Morgan fingerprint density at radius 2 is 1.88 bits per heavy atom. The minimum Gasteiger partial charge on any atom is -0.508 e. The lowest BCUT2D eigenvalue weighted by Gasteiger charge is -2.24. The summed E-state index contributed by atoms with van der Waals surface area (Å²) in [5.41, 5.74) is 2.83. The molecule has 3 rings (SSSR count). The van der Waals surface area contributed by atoms with Gasteiger partial charge in [0.2, 0.25) is 0 Å². The zero-order valence-electron chi connectivity index (χ0n) is 14.4. The Hall–Kier alpha value is -2.88. The molecule has 0 saturated heterocycles. The van der Waals surface area contributed by atoms with Gasteiger partial charge in [-0.3, -0.25) is 0 Å². The molecule has 0 aromatic heterocycles. The highest BCUT2D eigenvalue weighted by Gasteiger charge is 2.18. The van der Waals surface area contributed by atoms with Gasteiger partial charge in [-0.05, 0) is 72.9 Å². The van der Waals surface area contributed by atoms with E-state index >= 15 is 0 Å². The molecule has 0 amide bonds. The lowest BCUT2D eigenvalue weighted by molar-refractivity contribution is 0.105. The van der Waals surface area contributed by atoms with Crippen molar-refractivity contribution in [2.24, 2.45) is 0 Å². The number of ether oxygens (including phenoxy) is 2. The second-order valence-electron chi connectivity index (χ2n) is 6.10.